The van der Waals surface area contributed by atoms with Gasteiger partial charge in [-0.1, -0.05) is 6.07 Å². The van der Waals surface area contributed by atoms with Crippen molar-refractivity contribution in [3.63, 3.8) is 0 Å². The molecule has 30 heavy (non-hydrogen) atoms. The van der Waals surface area contributed by atoms with Crippen LogP contribution in [0.15, 0.2) is 54.9 Å². The fraction of sp³-hybridized carbons (Fsp3) is 0.238. The van der Waals surface area contributed by atoms with Crippen molar-refractivity contribution in [2.45, 2.75) is 13.0 Å². The Kier molecular flexibility index (Phi) is 5.69. The first-order chi connectivity index (χ1) is 14.6. The third-order valence-corrected chi connectivity index (χ3v) is 4.52. The van der Waals surface area contributed by atoms with Gasteiger partial charge in [0.1, 0.15) is 24.0 Å². The smallest absolute Gasteiger partial charge is 0.251 e. The second-order valence-electron chi connectivity index (χ2n) is 6.77. The van der Waals surface area contributed by atoms with E-state index in [0.29, 0.717) is 48.5 Å². The van der Waals surface area contributed by atoms with Crippen LogP contribution in [0, 0.1) is 5.82 Å². The van der Waals surface area contributed by atoms with Gasteiger partial charge in [0.15, 0.2) is 0 Å². The highest BCUT2D eigenvalue weighted by Crippen LogP contribution is 2.23. The molecule has 1 aromatic heterocycles. The van der Waals surface area contributed by atoms with Crippen molar-refractivity contribution < 1.29 is 13.9 Å². The van der Waals surface area contributed by atoms with Gasteiger partial charge in [-0.15, -0.1) is 0 Å². The highest BCUT2D eigenvalue weighted by molar-refractivity contribution is 5.95. The quantitative estimate of drug-likeness (QED) is 0.621. The van der Waals surface area contributed by atoms with Crippen LogP contribution in [0.2, 0.25) is 0 Å². The molecular formula is C21H21FN6O2. The van der Waals surface area contributed by atoms with E-state index >= 15 is 0 Å². The normalized spacial score (nSPS) is 13.5. The van der Waals surface area contributed by atoms with E-state index in [4.69, 9.17) is 4.74 Å². The molecule has 8 nitrogen and oxygen atoms in total. The van der Waals surface area contributed by atoms with Crippen LogP contribution in [0.1, 0.15) is 17.3 Å². The van der Waals surface area contributed by atoms with Gasteiger partial charge in [-0.3, -0.25) is 4.79 Å². The number of hydrogen-bond donors (Lipinski definition) is 2. The van der Waals surface area contributed by atoms with E-state index in [1.807, 2.05) is 17.9 Å². The van der Waals surface area contributed by atoms with Gasteiger partial charge in [0.05, 0.1) is 13.1 Å². The molecule has 1 saturated heterocycles. The molecule has 4 rings (SSSR count). The van der Waals surface area contributed by atoms with Gasteiger partial charge >= 0.3 is 0 Å². The summed E-state index contributed by atoms with van der Waals surface area (Å²) in [5, 5.41) is 5.88. The number of halogens is 1. The van der Waals surface area contributed by atoms with Crippen molar-refractivity contribution in [2.24, 2.45) is 0 Å². The van der Waals surface area contributed by atoms with Crippen molar-refractivity contribution in [1.82, 2.24) is 20.3 Å². The summed E-state index contributed by atoms with van der Waals surface area (Å²) in [4.78, 5) is 26.8. The fourth-order valence-corrected chi connectivity index (χ4v) is 3.01. The number of amides is 1. The molecule has 1 amide bonds. The predicted octanol–water partition coefficient (Wildman–Crippen LogP) is 2.77. The van der Waals surface area contributed by atoms with Crippen molar-refractivity contribution in [3.8, 4) is 5.75 Å². The monoisotopic (exact) mass is 408 g/mol. The number of nitrogens with one attached hydrogen (secondary N) is 2. The molecule has 154 valence electrons. The van der Waals surface area contributed by atoms with Crippen molar-refractivity contribution in [2.75, 3.05) is 29.9 Å². The number of anilines is 3. The van der Waals surface area contributed by atoms with Gasteiger partial charge in [0.2, 0.25) is 11.9 Å². The summed E-state index contributed by atoms with van der Waals surface area (Å²) in [6.07, 6.45) is 1.42. The van der Waals surface area contributed by atoms with Crippen LogP contribution in [0.3, 0.4) is 0 Å². The van der Waals surface area contributed by atoms with Crippen LogP contribution in [-0.4, -0.2) is 46.6 Å². The molecule has 2 heterocycles. The van der Waals surface area contributed by atoms with Gasteiger partial charge in [0.25, 0.3) is 5.91 Å². The number of rotatable bonds is 7. The Morgan fingerprint density at radius 3 is 2.77 bits per heavy atom. The molecule has 1 aliphatic rings. The van der Waals surface area contributed by atoms with Crippen LogP contribution in [0.25, 0.3) is 0 Å². The molecule has 0 saturated carbocycles. The van der Waals surface area contributed by atoms with E-state index in [1.165, 1.54) is 18.5 Å². The first-order valence-corrected chi connectivity index (χ1v) is 9.62. The van der Waals surface area contributed by atoms with Gasteiger partial charge < -0.3 is 20.3 Å². The molecule has 1 fully saturated rings. The van der Waals surface area contributed by atoms with Gasteiger partial charge in [0, 0.05) is 17.8 Å². The van der Waals surface area contributed by atoms with Crippen LogP contribution in [-0.2, 0) is 0 Å². The number of carbonyl (C=O) groups excluding carboxylic acids is 1. The van der Waals surface area contributed by atoms with Crippen molar-refractivity contribution >= 4 is 23.5 Å². The van der Waals surface area contributed by atoms with Crippen LogP contribution in [0.4, 0.5) is 22.0 Å². The first-order valence-electron chi connectivity index (χ1n) is 9.62. The molecule has 2 N–H and O–H groups in total. The maximum atomic E-state index is 13.0. The minimum Gasteiger partial charge on any atom is -0.487 e. The second kappa shape index (κ2) is 8.73. The Morgan fingerprint density at radius 1 is 1.20 bits per heavy atom. The number of benzene rings is 2. The fourth-order valence-electron chi connectivity index (χ4n) is 3.01. The molecule has 9 heteroatoms. The van der Waals surface area contributed by atoms with Gasteiger partial charge in [-0.25, -0.2) is 14.4 Å². The Balaban J connectivity index is 1.36. The second-order valence-corrected chi connectivity index (χ2v) is 6.77. The highest BCUT2D eigenvalue weighted by atomic mass is 19.1. The lowest BCUT2D eigenvalue weighted by molar-refractivity contribution is 0.0956. The zero-order valence-corrected chi connectivity index (χ0v) is 16.4. The van der Waals surface area contributed by atoms with E-state index < -0.39 is 0 Å². The Bertz CT molecular complexity index is 1020. The maximum absolute atomic E-state index is 13.0. The van der Waals surface area contributed by atoms with Crippen molar-refractivity contribution in [1.29, 1.82) is 0 Å². The molecule has 0 unspecified atom stereocenters. The summed E-state index contributed by atoms with van der Waals surface area (Å²) in [5.41, 5.74) is 1.26. The summed E-state index contributed by atoms with van der Waals surface area (Å²) in [6.45, 7) is 3.67. The molecule has 0 aliphatic carbocycles. The summed E-state index contributed by atoms with van der Waals surface area (Å²) >= 11 is 0. The average Bonchev–Trinajstić information content (AvgIpc) is 2.72. The lowest BCUT2D eigenvalue weighted by Crippen LogP contribution is -2.54. The van der Waals surface area contributed by atoms with E-state index in [9.17, 15) is 9.18 Å². The third-order valence-electron chi connectivity index (χ3n) is 4.52. The van der Waals surface area contributed by atoms with Crippen LogP contribution >= 0.6 is 0 Å². The van der Waals surface area contributed by atoms with E-state index in [1.54, 1.807) is 30.3 Å². The standard InChI is InChI=1S/C21H21FN6O2/c1-2-23-19(29)14-4-3-5-16(10-14)26-20-24-13-25-21(27-20)28-11-18(12-28)30-17-8-6-15(22)7-9-17/h3-10,13,18H,2,11-12H2,1H3,(H,23,29)(H,24,25,26,27). The largest absolute Gasteiger partial charge is 0.487 e. The van der Waals surface area contributed by atoms with E-state index in [0.717, 1.165) is 0 Å². The Morgan fingerprint density at radius 2 is 2.00 bits per heavy atom. The Hall–Kier alpha value is -3.75. The zero-order valence-electron chi connectivity index (χ0n) is 16.4. The number of aromatic nitrogens is 3. The van der Waals surface area contributed by atoms with Crippen molar-refractivity contribution in [3.05, 3.63) is 66.2 Å². The van der Waals surface area contributed by atoms with Crippen LogP contribution < -0.4 is 20.3 Å². The molecule has 1 aliphatic heterocycles. The molecule has 0 atom stereocenters. The molecular weight excluding hydrogens is 387 g/mol. The average molecular weight is 408 g/mol. The topological polar surface area (TPSA) is 92.3 Å². The summed E-state index contributed by atoms with van der Waals surface area (Å²) < 4.78 is 18.8. The summed E-state index contributed by atoms with van der Waals surface area (Å²) in [6, 6.07) is 13.1. The third kappa shape index (κ3) is 4.62. The molecule has 0 bridgehead atoms. The van der Waals surface area contributed by atoms with E-state index in [2.05, 4.69) is 25.6 Å². The minimum atomic E-state index is -0.292. The van der Waals surface area contributed by atoms with E-state index in [-0.39, 0.29) is 17.8 Å². The first kappa shape index (κ1) is 19.6. The van der Waals surface area contributed by atoms with Crippen LogP contribution in [0.5, 0.6) is 5.75 Å². The number of carbonyl (C=O) groups is 1. The molecule has 0 spiro atoms. The highest BCUT2D eigenvalue weighted by Gasteiger charge is 2.30. The van der Waals surface area contributed by atoms with Gasteiger partial charge in [-0.05, 0) is 49.4 Å². The minimum absolute atomic E-state index is 0.0163. The summed E-state index contributed by atoms with van der Waals surface area (Å²) in [7, 11) is 0. The lowest BCUT2D eigenvalue weighted by Gasteiger charge is -2.38. The number of hydrogen-bond acceptors (Lipinski definition) is 7. The molecule has 3 aromatic rings. The SMILES string of the molecule is CCNC(=O)c1cccc(Nc2ncnc(N3CC(Oc4ccc(F)cc4)C3)n2)c1. The summed E-state index contributed by atoms with van der Waals surface area (Å²) in [5.74, 6) is 1.12. The predicted molar refractivity (Wildman–Crippen MR) is 111 cm³/mol. The molecule has 2 aromatic carbocycles. The lowest BCUT2D eigenvalue weighted by atomic mass is 10.2. The zero-order chi connectivity index (χ0) is 20.9. The maximum Gasteiger partial charge on any atom is 0.251 e. The van der Waals surface area contributed by atoms with Gasteiger partial charge in [-0.2, -0.15) is 4.98 Å². The number of nitrogens with zero attached hydrogens (tertiary/aromatic N) is 4. The number of ether oxygens (including phenoxy) is 1. The Labute approximate surface area is 173 Å². The molecule has 0 radical (unpaired) electrons.